The van der Waals surface area contributed by atoms with Crippen LogP contribution >= 0.6 is 0 Å². The monoisotopic (exact) mass is 692 g/mol. The second-order valence-electron chi connectivity index (χ2n) is 6.73. The molecule has 0 spiro atoms. The fourth-order valence-electron chi connectivity index (χ4n) is 2.62. The quantitative estimate of drug-likeness (QED) is 0.249. The number of benzene rings is 1. The van der Waals surface area contributed by atoms with Crippen molar-refractivity contribution in [2.75, 3.05) is 0 Å². The maximum atomic E-state index is 12.1. The number of carboxylic acid groups (broad SMARTS) is 1. The molecule has 2 N–H and O–H groups in total. The SMILES string of the molecule is CC.CC.CC.CC(C)(C)OC(=O)Cn1cc(CC(N[C-]=O)C(=O)O)c2ccccc21.[Fm]. The van der Waals surface area contributed by atoms with Gasteiger partial charge < -0.3 is 24.5 Å². The molecule has 0 fully saturated rings. The van der Waals surface area contributed by atoms with Gasteiger partial charge in [0.25, 0.3) is 0 Å². The summed E-state index contributed by atoms with van der Waals surface area (Å²) in [4.78, 5) is 33.9. The first-order chi connectivity index (χ1) is 14.7. The van der Waals surface area contributed by atoms with Crippen LogP contribution in [0.5, 0.6) is 0 Å². The van der Waals surface area contributed by atoms with Crippen LogP contribution in [0.1, 0.15) is 67.9 Å². The summed E-state index contributed by atoms with van der Waals surface area (Å²) in [6.07, 6.45) is 3.23. The number of carboxylic acids is 1. The number of carbonyl (C=O) groups is 2. The zero-order chi connectivity index (χ0) is 24.6. The predicted molar refractivity (Wildman–Crippen MR) is 126 cm³/mol. The van der Waals surface area contributed by atoms with Crippen molar-refractivity contribution in [1.82, 2.24) is 9.88 Å². The molecule has 32 heavy (non-hydrogen) atoms. The van der Waals surface area contributed by atoms with Gasteiger partial charge in [-0.25, -0.2) is 0 Å². The maximum absolute atomic E-state index is 12.1. The molecular formula is C24H39FmN2O5-. The van der Waals surface area contributed by atoms with Crippen LogP contribution in [0.2, 0.25) is 0 Å². The maximum Gasteiger partial charge on any atom is 0.326 e. The third kappa shape index (κ3) is 10.8. The summed E-state index contributed by atoms with van der Waals surface area (Å²) >= 11 is 0. The van der Waals surface area contributed by atoms with Gasteiger partial charge in [0.15, 0.2) is 0 Å². The van der Waals surface area contributed by atoms with Crippen LogP contribution in [0.15, 0.2) is 30.5 Å². The Kier molecular flexibility index (Phi) is 17.3. The summed E-state index contributed by atoms with van der Waals surface area (Å²) in [6.45, 7) is 17.4. The molecule has 0 saturated heterocycles. The Morgan fingerprint density at radius 2 is 1.62 bits per heavy atom. The van der Waals surface area contributed by atoms with E-state index in [2.05, 4.69) is 5.32 Å². The smallest absolute Gasteiger partial charge is 0.326 e. The largest absolute Gasteiger partial charge is 0.520 e. The molecule has 2 rings (SSSR count). The summed E-state index contributed by atoms with van der Waals surface area (Å²) in [5.74, 6) is -1.53. The van der Waals surface area contributed by atoms with Crippen LogP contribution in [0, 0.1) is 0 Å². The van der Waals surface area contributed by atoms with Crippen molar-refractivity contribution in [3.05, 3.63) is 36.0 Å². The molecule has 1 aromatic heterocycles. The van der Waals surface area contributed by atoms with Gasteiger partial charge in [0.2, 0.25) is 0 Å². The van der Waals surface area contributed by atoms with E-state index in [1.54, 1.807) is 31.5 Å². The Labute approximate surface area is 186 Å². The number of para-hydroxylation sites is 1. The second-order valence-corrected chi connectivity index (χ2v) is 6.73. The minimum Gasteiger partial charge on any atom is -0.520 e. The van der Waals surface area contributed by atoms with Gasteiger partial charge in [-0.2, -0.15) is 6.41 Å². The van der Waals surface area contributed by atoms with Crippen LogP contribution in [0.3, 0.4) is 0 Å². The molecule has 188 valence electrons. The average molecular weight is 693 g/mol. The van der Waals surface area contributed by atoms with Crippen molar-refractivity contribution in [2.45, 2.75) is 86.9 Å². The number of esters is 1. The number of aliphatic carboxylic acids is 1. The predicted octanol–water partition coefficient (Wildman–Crippen LogP) is 4.71. The van der Waals surface area contributed by atoms with Crippen LogP contribution in [-0.2, 0) is 32.1 Å². The molecule has 7 nitrogen and oxygen atoms in total. The molecular weight excluding hydrogens is 653 g/mol. The summed E-state index contributed by atoms with van der Waals surface area (Å²) in [5, 5.41) is 12.2. The van der Waals surface area contributed by atoms with Crippen LogP contribution in [0.25, 0.3) is 10.9 Å². The first-order valence-electron chi connectivity index (χ1n) is 10.9. The van der Waals surface area contributed by atoms with Crippen LogP contribution < -0.4 is 5.32 Å². The number of aromatic nitrogens is 1. The normalized spacial score (nSPS) is 10.4. The van der Waals surface area contributed by atoms with E-state index >= 15 is 0 Å². The third-order valence-electron chi connectivity index (χ3n) is 3.55. The minimum absolute atomic E-state index is 0. The molecule has 0 aliphatic carbocycles. The molecule has 0 aliphatic rings. The van der Waals surface area contributed by atoms with Crippen molar-refractivity contribution in [2.24, 2.45) is 0 Å². The standard InChI is InChI=1S/C18H21N2O5.3C2H6.Fm/c1-18(2,3)25-16(22)10-20-9-12(8-14(17(23)24)19-11-21)13-6-4-5-7-15(13)20;3*1-2;/h4-7,9,14H,8,10H2,1-3H3,(H,19,21)(H,23,24);3*1-2H3;/q-1;;;;. The van der Waals surface area contributed by atoms with E-state index in [0.717, 1.165) is 10.9 Å². The first kappa shape index (κ1) is 32.8. The number of hydrogen-bond donors (Lipinski definition) is 2. The van der Waals surface area contributed by atoms with Crippen LogP contribution in [0.4, 0.5) is 0 Å². The number of fused-ring (bicyclic) bond motifs is 1. The number of hydrogen-bond acceptors (Lipinski definition) is 4. The molecule has 1 unspecified atom stereocenters. The zero-order valence-electron chi connectivity index (χ0n) is 20.7. The molecule has 0 aliphatic heterocycles. The topological polar surface area (TPSA) is 97.6 Å². The molecule has 1 atom stereocenters. The molecule has 0 radical (unpaired) electrons. The molecule has 1 aromatic carbocycles. The molecule has 8 heteroatoms. The van der Waals surface area contributed by atoms with Gasteiger partial charge in [-0.1, -0.05) is 59.7 Å². The zero-order valence-corrected chi connectivity index (χ0v) is 23.1. The molecule has 0 bridgehead atoms. The fourth-order valence-corrected chi connectivity index (χ4v) is 2.62. The van der Waals surface area contributed by atoms with Gasteiger partial charge in [-0.3, -0.25) is 9.59 Å². The summed E-state index contributed by atoms with van der Waals surface area (Å²) in [6, 6.07) is 6.28. The molecule has 2 aromatic rings. The van der Waals surface area contributed by atoms with Gasteiger partial charge in [0, 0.05) is 23.5 Å². The van der Waals surface area contributed by atoms with Crippen molar-refractivity contribution >= 4 is 29.3 Å². The molecule has 0 saturated carbocycles. The Hall–Kier alpha value is -3.83. The Bertz CT molecular complexity index is 797. The number of nitrogens with one attached hydrogen (secondary N) is 1. The average Bonchev–Trinajstić information content (AvgIpc) is 3.08. The van der Waals surface area contributed by atoms with E-state index in [0.29, 0.717) is 5.56 Å². The van der Waals surface area contributed by atoms with E-state index in [4.69, 9.17) is 4.74 Å². The summed E-state index contributed by atoms with van der Waals surface area (Å²) in [5.41, 5.74) is 0.929. The van der Waals surface area contributed by atoms with Gasteiger partial charge in [0.1, 0.15) is 18.2 Å². The van der Waals surface area contributed by atoms with Gasteiger partial charge in [-0.15, -0.1) is 0 Å². The van der Waals surface area contributed by atoms with Crippen molar-refractivity contribution in [3.63, 3.8) is 0 Å². The van der Waals surface area contributed by atoms with E-state index < -0.39 is 17.6 Å². The minimum atomic E-state index is -1.15. The third-order valence-corrected chi connectivity index (χ3v) is 3.55. The number of amides is 1. The Morgan fingerprint density at radius 3 is 2.09 bits per heavy atom. The first-order valence-corrected chi connectivity index (χ1v) is 10.9. The van der Waals surface area contributed by atoms with Crippen molar-refractivity contribution in [3.8, 4) is 0 Å². The fraction of sp³-hybridized carbons (Fsp3) is 0.542. The van der Waals surface area contributed by atoms with E-state index in [1.165, 1.54) is 6.41 Å². The van der Waals surface area contributed by atoms with E-state index in [1.807, 2.05) is 65.8 Å². The number of ether oxygens (including phenoxy) is 1. The number of nitrogens with zero attached hydrogens (tertiary/aromatic N) is 1. The van der Waals surface area contributed by atoms with Crippen LogP contribution in [-0.4, -0.2) is 39.7 Å². The van der Waals surface area contributed by atoms with Gasteiger partial charge >= 0.3 is 11.9 Å². The Morgan fingerprint density at radius 1 is 1.09 bits per heavy atom. The number of carbonyl (C=O) groups excluding carboxylic acids is 2. The van der Waals surface area contributed by atoms with E-state index in [9.17, 15) is 19.5 Å². The molecule has 1 heterocycles. The van der Waals surface area contributed by atoms with Gasteiger partial charge in [0.05, 0.1) is 0 Å². The van der Waals surface area contributed by atoms with Crippen molar-refractivity contribution in [1.29, 1.82) is 0 Å². The molecule has 1 amide bonds. The van der Waals surface area contributed by atoms with E-state index in [-0.39, 0.29) is 18.9 Å². The van der Waals surface area contributed by atoms with Gasteiger partial charge in [-0.05, 0) is 32.4 Å². The summed E-state index contributed by atoms with van der Waals surface area (Å²) < 4.78 is 7.06. The second kappa shape index (κ2) is 16.9. The Balaban J connectivity index is -0.00000111. The summed E-state index contributed by atoms with van der Waals surface area (Å²) in [7, 11) is 0. The number of rotatable bonds is 7. The van der Waals surface area contributed by atoms with Crippen molar-refractivity contribution < 1.29 is 24.2 Å².